The molecule has 6 N–H and O–H groups in total. The first-order chi connectivity index (χ1) is 49.9. The van der Waals surface area contributed by atoms with Crippen LogP contribution in [0, 0.1) is 23.7 Å². The van der Waals surface area contributed by atoms with E-state index in [-0.39, 0.29) is 80.4 Å². The molecule has 2 aliphatic heterocycles. The van der Waals surface area contributed by atoms with Crippen molar-refractivity contribution < 1.29 is 120 Å². The second-order valence-electron chi connectivity index (χ2n) is 27.9. The highest BCUT2D eigenvalue weighted by Gasteiger charge is 2.56. The van der Waals surface area contributed by atoms with Crippen molar-refractivity contribution in [3.8, 4) is 5.75 Å². The molecule has 0 radical (unpaired) electrons. The van der Waals surface area contributed by atoms with Crippen LogP contribution >= 0.6 is 0 Å². The lowest BCUT2D eigenvalue weighted by Crippen LogP contribution is -2.64. The Morgan fingerprint density at radius 1 is 0.736 bits per heavy atom. The summed E-state index contributed by atoms with van der Waals surface area (Å²) in [5.41, 5.74) is 2.08. The minimum atomic E-state index is -1.89. The third-order valence-electron chi connectivity index (χ3n) is 17.9. The Morgan fingerprint density at radius 3 is 1.95 bits per heavy atom. The minimum Gasteiger partial charge on any atom is -0.467 e. The second-order valence-corrected chi connectivity index (χ2v) is 27.9. The van der Waals surface area contributed by atoms with E-state index >= 15 is 4.79 Å². The lowest BCUT2D eigenvalue weighted by molar-refractivity contribution is -0.282. The Labute approximate surface area is 620 Å². The number of nitrogens with zero attached hydrogens (tertiary/aromatic N) is 3. The number of carbonyl (C=O) groups is 12. The molecule has 594 valence electrons. The van der Waals surface area contributed by atoms with Gasteiger partial charge in [0.05, 0.1) is 75.7 Å². The molecule has 2 aliphatic rings. The molecule has 3 unspecified atom stereocenters. The maximum absolute atomic E-state index is 15.0. The number of rotatable bonds is 39. The first-order valence-corrected chi connectivity index (χ1v) is 35.5. The second kappa shape index (κ2) is 43.1. The fraction of sp³-hybridized carbons (Fsp3) is 0.671. The van der Waals surface area contributed by atoms with Gasteiger partial charge in [0.25, 0.3) is 0 Å². The molecular weight excluding hydrogens is 1390 g/mol. The van der Waals surface area contributed by atoms with Crippen molar-refractivity contribution in [2.24, 2.45) is 23.7 Å². The van der Waals surface area contributed by atoms with Gasteiger partial charge in [0, 0.05) is 86.3 Å². The van der Waals surface area contributed by atoms with E-state index in [0.717, 1.165) is 32.8 Å². The number of methoxy groups -OCH3 is 3. The summed E-state index contributed by atoms with van der Waals surface area (Å²) in [5, 5.41) is 22.1. The van der Waals surface area contributed by atoms with Crippen LogP contribution in [-0.2, 0) is 107 Å². The molecule has 8 amide bonds. The number of amides is 8. The number of nitrogens with one attached hydrogen (secondary N) is 5. The van der Waals surface area contributed by atoms with E-state index < -0.39 is 169 Å². The fourth-order valence-corrected chi connectivity index (χ4v) is 12.5. The van der Waals surface area contributed by atoms with Gasteiger partial charge in [-0.15, -0.1) is 0 Å². The van der Waals surface area contributed by atoms with E-state index in [1.165, 1.54) is 44.4 Å². The van der Waals surface area contributed by atoms with Crippen molar-refractivity contribution >= 4 is 77.2 Å². The summed E-state index contributed by atoms with van der Waals surface area (Å²) in [5.74, 6) is -9.40. The molecule has 2 aromatic carbocycles. The number of aliphatic hydroxyl groups is 1. The predicted molar refractivity (Wildman–Crippen MR) is 380 cm³/mol. The third-order valence-corrected chi connectivity index (χ3v) is 17.9. The third kappa shape index (κ3) is 27.2. The lowest BCUT2D eigenvalue weighted by Gasteiger charge is -2.43. The van der Waals surface area contributed by atoms with Gasteiger partial charge in [-0.2, -0.15) is 5.48 Å². The van der Waals surface area contributed by atoms with Crippen molar-refractivity contribution in [3.05, 3.63) is 59.7 Å². The van der Waals surface area contributed by atoms with Crippen molar-refractivity contribution in [1.82, 2.24) is 36.1 Å². The summed E-state index contributed by atoms with van der Waals surface area (Å²) in [4.78, 5) is 171. The number of anilines is 1. The highest BCUT2D eigenvalue weighted by atomic mass is 16.7. The van der Waals surface area contributed by atoms with Crippen molar-refractivity contribution in [2.75, 3.05) is 73.7 Å². The summed E-state index contributed by atoms with van der Waals surface area (Å²) in [6.45, 7) is 22.1. The van der Waals surface area contributed by atoms with E-state index in [9.17, 15) is 57.8 Å². The van der Waals surface area contributed by atoms with Gasteiger partial charge in [0.1, 0.15) is 30.0 Å². The number of likely N-dealkylation sites (tertiary alicyclic amines) is 1. The van der Waals surface area contributed by atoms with Gasteiger partial charge in [-0.25, -0.2) is 14.4 Å². The number of likely N-dealkylation sites (N-methyl/N-ethyl adjacent to an activating group) is 2. The molecule has 2 aromatic rings. The Kier molecular flexibility index (Phi) is 36.5. The molecule has 33 nitrogen and oxygen atoms in total. The molecule has 2 heterocycles. The standard InChI is InChI=1S/C73H112N8O25/c1-20-42(6)59(53(95-17)38-56(87)81-33-24-27-51(81)61(96-18)43(7)66(89)75-44(8)60(88)48-25-22-21-23-26-48)79(15)68(91)57(40(2)3)77-67(90)58(41(4)5)80(16)72(94)99-39-49-37-50(76-55(86)31-30-54(85)74-32-34-98-35-36-100-78-71(93)106-73(12,13)14)28-29-52(49)104-70-65(103-47(11)84)63(102-46(10)83)62(101-45(9)82)64(105-70)69(92)97-19/h21-23,25-26,28-29,37,40-44,51,53,57-65,70,88H,20,24,27,30-36,38-39H2,1-19H3,(H,74,85)(H,75,89)(H,76,86)(H,77,90)(H,78,93)/t42-,43+,44+,51-,53+,57-,58-,59-,60+,61+,62-,63?,64?,65?,70+/m0/s1. The first kappa shape index (κ1) is 89.6. The highest BCUT2D eigenvalue weighted by molar-refractivity contribution is 5.94. The maximum atomic E-state index is 15.0. The molecule has 0 aliphatic carbocycles. The summed E-state index contributed by atoms with van der Waals surface area (Å²) >= 11 is 0. The Bertz CT molecular complexity index is 3260. The van der Waals surface area contributed by atoms with Crippen LogP contribution in [0.4, 0.5) is 15.3 Å². The van der Waals surface area contributed by atoms with E-state index in [4.69, 9.17) is 56.9 Å². The van der Waals surface area contributed by atoms with Crippen molar-refractivity contribution in [1.29, 1.82) is 0 Å². The van der Waals surface area contributed by atoms with Gasteiger partial charge in [0.15, 0.2) is 18.3 Å². The number of hydrogen-bond acceptors (Lipinski definition) is 25. The molecule has 0 spiro atoms. The largest absolute Gasteiger partial charge is 0.467 e. The zero-order valence-electron chi connectivity index (χ0n) is 64.5. The molecule has 0 aromatic heterocycles. The summed E-state index contributed by atoms with van der Waals surface area (Å²) in [6.07, 6.45) is -12.5. The zero-order valence-corrected chi connectivity index (χ0v) is 64.5. The van der Waals surface area contributed by atoms with Gasteiger partial charge in [-0.05, 0) is 82.1 Å². The van der Waals surface area contributed by atoms with Gasteiger partial charge in [0.2, 0.25) is 47.8 Å². The number of benzene rings is 2. The van der Waals surface area contributed by atoms with Crippen LogP contribution in [0.3, 0.4) is 0 Å². The molecule has 33 heteroatoms. The number of esters is 4. The number of ether oxygens (including phenoxy) is 11. The summed E-state index contributed by atoms with van der Waals surface area (Å²) in [7, 11) is 6.84. The molecule has 15 atom stereocenters. The number of carbonyl (C=O) groups excluding carboxylic acids is 12. The predicted octanol–water partition coefficient (Wildman–Crippen LogP) is 4.96. The summed E-state index contributed by atoms with van der Waals surface area (Å²) in [6, 6.07) is 8.58. The molecule has 2 saturated heterocycles. The number of aliphatic hydroxyl groups excluding tert-OH is 1. The van der Waals surface area contributed by atoms with E-state index in [2.05, 4.69) is 26.7 Å². The normalized spacial score (nSPS) is 19.7. The van der Waals surface area contributed by atoms with Crippen LogP contribution in [-0.4, -0.2) is 238 Å². The number of hydroxylamine groups is 1. The quantitative estimate of drug-likeness (QED) is 0.0223. The van der Waals surface area contributed by atoms with E-state index in [0.29, 0.717) is 31.4 Å². The smallest absolute Gasteiger partial charge is 0.431 e. The lowest BCUT2D eigenvalue weighted by atomic mass is 9.89. The Balaban J connectivity index is 1.58. The van der Waals surface area contributed by atoms with Crippen molar-refractivity contribution in [2.45, 2.75) is 227 Å². The molecule has 2 fully saturated rings. The van der Waals surface area contributed by atoms with E-state index in [1.807, 2.05) is 19.9 Å². The monoisotopic (exact) mass is 1500 g/mol. The average Bonchev–Trinajstić information content (AvgIpc) is 0.891. The first-order valence-electron chi connectivity index (χ1n) is 35.5. The fourth-order valence-electron chi connectivity index (χ4n) is 12.5. The zero-order chi connectivity index (χ0) is 79.4. The van der Waals surface area contributed by atoms with Crippen LogP contribution in [0.2, 0.25) is 0 Å². The van der Waals surface area contributed by atoms with Crippen LogP contribution in [0.1, 0.15) is 153 Å². The van der Waals surface area contributed by atoms with Gasteiger partial charge < -0.3 is 88.3 Å². The summed E-state index contributed by atoms with van der Waals surface area (Å²) < 4.78 is 62.2. The number of hydrogen-bond donors (Lipinski definition) is 6. The topological polar surface area (TPSA) is 406 Å². The van der Waals surface area contributed by atoms with Gasteiger partial charge in [-0.1, -0.05) is 85.2 Å². The highest BCUT2D eigenvalue weighted by Crippen LogP contribution is 2.35. The van der Waals surface area contributed by atoms with Crippen LogP contribution in [0.5, 0.6) is 5.75 Å². The molecule has 0 bridgehead atoms. The molecule has 106 heavy (non-hydrogen) atoms. The molecular formula is C73H112N8O25. The van der Waals surface area contributed by atoms with Crippen LogP contribution in [0.15, 0.2) is 48.5 Å². The molecule has 4 rings (SSSR count). The van der Waals surface area contributed by atoms with Gasteiger partial charge in [-0.3, -0.25) is 52.9 Å². The minimum absolute atomic E-state index is 0.0168. The molecule has 0 saturated carbocycles. The van der Waals surface area contributed by atoms with Crippen LogP contribution < -0.4 is 31.5 Å². The average molecular weight is 1500 g/mol. The Morgan fingerprint density at radius 2 is 1.37 bits per heavy atom. The Hall–Kier alpha value is -8.76. The van der Waals surface area contributed by atoms with Crippen molar-refractivity contribution in [3.63, 3.8) is 0 Å². The SMILES string of the molecule is CC[C@H](C)[C@@H]([C@@H](CC(=O)N1CCC[C@H]1[C@H](OC)[C@@H](C)C(=O)N[C@H](C)[C@@H](O)c1ccccc1)OC)N(C)C(=O)[C@@H](NC(=O)[C@H](C(C)C)N(C)C(=O)OCc1cc(NC(=O)CCC(=O)NCCOCCONC(=O)OC(C)(C)C)ccc1O[C@@H]1OC(C(=O)OC)[C@@H](OC(C)=O)C(OC(C)=O)C1OC(C)=O)C(C)C. The van der Waals surface area contributed by atoms with Crippen LogP contribution in [0.25, 0.3) is 0 Å². The maximum Gasteiger partial charge on any atom is 0.431 e. The van der Waals surface area contributed by atoms with Gasteiger partial charge >= 0.3 is 36.1 Å². The van der Waals surface area contributed by atoms with E-state index in [1.54, 1.807) is 98.5 Å².